The molecule has 0 atom stereocenters. The van der Waals surface area contributed by atoms with Crippen molar-refractivity contribution < 1.29 is 9.53 Å². The highest BCUT2D eigenvalue weighted by Crippen LogP contribution is 2.21. The van der Waals surface area contributed by atoms with E-state index in [4.69, 9.17) is 16.3 Å². The molecule has 1 amide bonds. The molecule has 0 aliphatic heterocycles. The average Bonchev–Trinajstić information content (AvgIpc) is 2.47. The Labute approximate surface area is 123 Å². The van der Waals surface area contributed by atoms with Crippen LogP contribution in [0.4, 0.5) is 5.69 Å². The van der Waals surface area contributed by atoms with Gasteiger partial charge in [-0.2, -0.15) is 0 Å². The van der Waals surface area contributed by atoms with Crippen molar-refractivity contribution in [1.29, 1.82) is 0 Å². The van der Waals surface area contributed by atoms with Gasteiger partial charge in [0.1, 0.15) is 5.75 Å². The zero-order valence-corrected chi connectivity index (χ0v) is 12.2. The second kappa shape index (κ2) is 6.44. The molecule has 0 fully saturated rings. The van der Waals surface area contributed by atoms with Gasteiger partial charge in [-0.1, -0.05) is 12.1 Å². The first-order valence-corrected chi connectivity index (χ1v) is 6.78. The number of hydrogen-bond donors (Lipinski definition) is 1. The largest absolute Gasteiger partial charge is 0.496 e. The number of hydrogen-bond acceptors (Lipinski definition) is 2. The summed E-state index contributed by atoms with van der Waals surface area (Å²) < 4.78 is 5.19. The van der Waals surface area contributed by atoms with Crippen LogP contribution in [-0.2, 0) is 5.88 Å². The fraction of sp³-hybridized carbons (Fsp3) is 0.188. The molecule has 0 spiro atoms. The van der Waals surface area contributed by atoms with Crippen LogP contribution in [-0.4, -0.2) is 13.0 Å². The topological polar surface area (TPSA) is 38.3 Å². The molecule has 0 heterocycles. The summed E-state index contributed by atoms with van der Waals surface area (Å²) in [5.74, 6) is 1.10. The van der Waals surface area contributed by atoms with E-state index >= 15 is 0 Å². The Morgan fingerprint density at radius 3 is 2.45 bits per heavy atom. The van der Waals surface area contributed by atoms with Crippen LogP contribution in [0.15, 0.2) is 42.5 Å². The van der Waals surface area contributed by atoms with Gasteiger partial charge in [-0.3, -0.25) is 4.79 Å². The molecule has 0 bridgehead atoms. The number of alkyl halides is 1. The van der Waals surface area contributed by atoms with Gasteiger partial charge in [-0.15, -0.1) is 11.6 Å². The lowest BCUT2D eigenvalue weighted by molar-refractivity contribution is 0.102. The van der Waals surface area contributed by atoms with E-state index in [1.54, 1.807) is 19.2 Å². The minimum Gasteiger partial charge on any atom is -0.496 e. The fourth-order valence-electron chi connectivity index (χ4n) is 1.90. The predicted octanol–water partition coefficient (Wildman–Crippen LogP) is 3.99. The SMILES string of the molecule is COc1ccc(NC(=O)c2ccc(CCl)cc2)cc1C. The number of methoxy groups -OCH3 is 1. The molecule has 0 aliphatic carbocycles. The molecule has 20 heavy (non-hydrogen) atoms. The van der Waals surface area contributed by atoms with E-state index in [0.29, 0.717) is 11.4 Å². The van der Waals surface area contributed by atoms with Crippen LogP contribution in [0.1, 0.15) is 21.5 Å². The summed E-state index contributed by atoms with van der Waals surface area (Å²) in [6.45, 7) is 1.93. The molecule has 104 valence electrons. The maximum absolute atomic E-state index is 12.1. The highest BCUT2D eigenvalue weighted by molar-refractivity contribution is 6.17. The molecule has 0 saturated carbocycles. The van der Waals surface area contributed by atoms with Crippen LogP contribution in [0.25, 0.3) is 0 Å². The predicted molar refractivity (Wildman–Crippen MR) is 81.7 cm³/mol. The summed E-state index contributed by atoms with van der Waals surface area (Å²) in [7, 11) is 1.62. The van der Waals surface area contributed by atoms with Crippen LogP contribution < -0.4 is 10.1 Å². The number of carbonyl (C=O) groups excluding carboxylic acids is 1. The maximum Gasteiger partial charge on any atom is 0.255 e. The van der Waals surface area contributed by atoms with Gasteiger partial charge in [-0.25, -0.2) is 0 Å². The van der Waals surface area contributed by atoms with Gasteiger partial charge in [0.05, 0.1) is 7.11 Å². The Bertz CT molecular complexity index is 608. The smallest absolute Gasteiger partial charge is 0.255 e. The van der Waals surface area contributed by atoms with Crippen molar-refractivity contribution in [2.75, 3.05) is 12.4 Å². The third kappa shape index (κ3) is 3.31. The van der Waals surface area contributed by atoms with Crippen LogP contribution in [0.2, 0.25) is 0 Å². The standard InChI is InChI=1S/C16H16ClNO2/c1-11-9-14(7-8-15(11)20-2)18-16(19)13-5-3-12(10-17)4-6-13/h3-9H,10H2,1-2H3,(H,18,19). The monoisotopic (exact) mass is 289 g/mol. The molecular formula is C16H16ClNO2. The number of halogens is 1. The molecule has 0 saturated heterocycles. The van der Waals surface area contributed by atoms with E-state index < -0.39 is 0 Å². The maximum atomic E-state index is 12.1. The minimum atomic E-state index is -0.143. The molecule has 4 heteroatoms. The Morgan fingerprint density at radius 1 is 1.20 bits per heavy atom. The molecule has 0 aromatic heterocycles. The molecule has 0 radical (unpaired) electrons. The van der Waals surface area contributed by atoms with Gasteiger partial charge in [0.2, 0.25) is 0 Å². The third-order valence-corrected chi connectivity index (χ3v) is 3.33. The lowest BCUT2D eigenvalue weighted by Crippen LogP contribution is -2.11. The van der Waals surface area contributed by atoms with Crippen molar-refractivity contribution in [1.82, 2.24) is 0 Å². The summed E-state index contributed by atoms with van der Waals surface area (Å²) in [6.07, 6.45) is 0. The summed E-state index contributed by atoms with van der Waals surface area (Å²) in [5, 5.41) is 2.86. The molecular weight excluding hydrogens is 274 g/mol. The van der Waals surface area contributed by atoms with Crippen molar-refractivity contribution in [3.05, 3.63) is 59.2 Å². The number of benzene rings is 2. The first-order chi connectivity index (χ1) is 9.63. The summed E-state index contributed by atoms with van der Waals surface area (Å²) >= 11 is 5.72. The van der Waals surface area contributed by atoms with Gasteiger partial charge in [0, 0.05) is 17.1 Å². The van der Waals surface area contributed by atoms with Crippen LogP contribution >= 0.6 is 11.6 Å². The fourth-order valence-corrected chi connectivity index (χ4v) is 2.08. The second-order valence-corrected chi connectivity index (χ2v) is 4.74. The number of anilines is 1. The van der Waals surface area contributed by atoms with Crippen molar-refractivity contribution in [3.8, 4) is 5.75 Å². The molecule has 2 aromatic carbocycles. The van der Waals surface area contributed by atoms with Crippen molar-refractivity contribution in [2.45, 2.75) is 12.8 Å². The number of carbonyl (C=O) groups is 1. The van der Waals surface area contributed by atoms with Crippen LogP contribution in [0.3, 0.4) is 0 Å². The van der Waals surface area contributed by atoms with Crippen molar-refractivity contribution in [3.63, 3.8) is 0 Å². The van der Waals surface area contributed by atoms with Gasteiger partial charge < -0.3 is 10.1 Å². The van der Waals surface area contributed by atoms with Gasteiger partial charge >= 0.3 is 0 Å². The van der Waals surface area contributed by atoms with E-state index in [-0.39, 0.29) is 5.91 Å². The van der Waals surface area contributed by atoms with Crippen LogP contribution in [0, 0.1) is 6.92 Å². The summed E-state index contributed by atoms with van der Waals surface area (Å²) in [5.41, 5.74) is 3.31. The zero-order valence-electron chi connectivity index (χ0n) is 11.4. The zero-order chi connectivity index (χ0) is 14.5. The number of nitrogens with one attached hydrogen (secondary N) is 1. The van der Waals surface area contributed by atoms with Crippen molar-refractivity contribution in [2.24, 2.45) is 0 Å². The minimum absolute atomic E-state index is 0.143. The number of ether oxygens (including phenoxy) is 1. The van der Waals surface area contributed by atoms with E-state index in [2.05, 4.69) is 5.32 Å². The first kappa shape index (κ1) is 14.4. The Hall–Kier alpha value is -2.00. The van der Waals surface area contributed by atoms with E-state index in [9.17, 15) is 4.79 Å². The number of amides is 1. The van der Waals surface area contributed by atoms with E-state index in [0.717, 1.165) is 22.6 Å². The molecule has 2 aromatic rings. The Balaban J connectivity index is 2.12. The third-order valence-electron chi connectivity index (χ3n) is 3.02. The molecule has 0 aliphatic rings. The van der Waals surface area contributed by atoms with E-state index in [1.165, 1.54) is 0 Å². The quantitative estimate of drug-likeness (QED) is 0.864. The molecule has 2 rings (SSSR count). The average molecular weight is 290 g/mol. The molecule has 1 N–H and O–H groups in total. The summed E-state index contributed by atoms with van der Waals surface area (Å²) in [6, 6.07) is 12.8. The van der Waals surface area contributed by atoms with Crippen LogP contribution in [0.5, 0.6) is 5.75 Å². The second-order valence-electron chi connectivity index (χ2n) is 4.47. The molecule has 0 unspecified atom stereocenters. The number of aryl methyl sites for hydroxylation is 1. The van der Waals surface area contributed by atoms with E-state index in [1.807, 2.05) is 37.3 Å². The van der Waals surface area contributed by atoms with Gasteiger partial charge in [-0.05, 0) is 48.4 Å². The first-order valence-electron chi connectivity index (χ1n) is 6.25. The number of rotatable bonds is 4. The van der Waals surface area contributed by atoms with Crippen molar-refractivity contribution >= 4 is 23.2 Å². The Kier molecular flexibility index (Phi) is 4.64. The van der Waals surface area contributed by atoms with Gasteiger partial charge in [0.25, 0.3) is 5.91 Å². The molecule has 3 nitrogen and oxygen atoms in total. The highest BCUT2D eigenvalue weighted by Gasteiger charge is 2.07. The Morgan fingerprint density at radius 2 is 1.90 bits per heavy atom. The lowest BCUT2D eigenvalue weighted by atomic mass is 10.1. The summed E-state index contributed by atoms with van der Waals surface area (Å²) in [4.78, 5) is 12.1. The lowest BCUT2D eigenvalue weighted by Gasteiger charge is -2.09. The normalized spacial score (nSPS) is 10.2. The van der Waals surface area contributed by atoms with Gasteiger partial charge in [0.15, 0.2) is 0 Å². The highest BCUT2D eigenvalue weighted by atomic mass is 35.5.